The number of alkyl halides is 3. The van der Waals surface area contributed by atoms with Crippen molar-refractivity contribution in [2.45, 2.75) is 19.8 Å². The smallest absolute Gasteiger partial charge is 0.402 e. The lowest BCUT2D eigenvalue weighted by atomic mass is 10.2. The van der Waals surface area contributed by atoms with Crippen LogP contribution in [-0.2, 0) is 6.54 Å². The lowest BCUT2D eigenvalue weighted by molar-refractivity contribution is -0.274. The Morgan fingerprint density at radius 2 is 2.07 bits per heavy atom. The molecule has 15 heavy (non-hydrogen) atoms. The van der Waals surface area contributed by atoms with E-state index in [-0.39, 0.29) is 12.2 Å². The number of hydrogen-bond acceptors (Lipinski definition) is 4. The summed E-state index contributed by atoms with van der Waals surface area (Å²) in [5.74, 6) is -0.503. The third-order valence-electron chi connectivity index (χ3n) is 1.86. The van der Waals surface area contributed by atoms with Crippen LogP contribution in [0, 0.1) is 6.92 Å². The van der Waals surface area contributed by atoms with Crippen LogP contribution in [0.2, 0.25) is 0 Å². The fourth-order valence-corrected chi connectivity index (χ4v) is 1.05. The minimum atomic E-state index is -4.77. The maximum Gasteiger partial charge on any atom is 0.573 e. The maximum atomic E-state index is 11.9. The molecule has 4 N–H and O–H groups in total. The Balaban J connectivity index is 3.07. The molecule has 0 aliphatic heterocycles. The standard InChI is InChI=1S/C8H10F3N3O/c1-4-5(2-12)14-3-6(7(4)13)15-8(9,10)11/h3H,2,12H2,1H3,(H2,13,14). The van der Waals surface area contributed by atoms with Crippen molar-refractivity contribution in [2.24, 2.45) is 5.73 Å². The van der Waals surface area contributed by atoms with E-state index in [1.165, 1.54) is 6.92 Å². The predicted molar refractivity (Wildman–Crippen MR) is 48.0 cm³/mol. The quantitative estimate of drug-likeness (QED) is 0.790. The number of ether oxygens (including phenoxy) is 1. The van der Waals surface area contributed by atoms with Crippen molar-refractivity contribution in [1.82, 2.24) is 4.98 Å². The van der Waals surface area contributed by atoms with E-state index in [1.807, 2.05) is 0 Å². The second-order valence-corrected chi connectivity index (χ2v) is 2.86. The van der Waals surface area contributed by atoms with Crippen molar-refractivity contribution >= 4 is 5.69 Å². The highest BCUT2D eigenvalue weighted by Gasteiger charge is 2.32. The zero-order valence-corrected chi connectivity index (χ0v) is 7.93. The Hall–Kier alpha value is -1.50. The molecular formula is C8H10F3N3O. The number of hydrogen-bond donors (Lipinski definition) is 2. The van der Waals surface area contributed by atoms with Gasteiger partial charge >= 0.3 is 6.36 Å². The summed E-state index contributed by atoms with van der Waals surface area (Å²) in [6.07, 6.45) is -3.86. The van der Waals surface area contributed by atoms with E-state index in [4.69, 9.17) is 11.5 Å². The fourth-order valence-electron chi connectivity index (χ4n) is 1.05. The van der Waals surface area contributed by atoms with Crippen LogP contribution in [0.4, 0.5) is 18.9 Å². The Bertz CT molecular complexity index is 365. The molecule has 0 aromatic carbocycles. The molecule has 0 aliphatic carbocycles. The van der Waals surface area contributed by atoms with Crippen LogP contribution in [0.15, 0.2) is 6.20 Å². The van der Waals surface area contributed by atoms with Gasteiger partial charge < -0.3 is 16.2 Å². The molecule has 0 spiro atoms. The molecule has 0 saturated carbocycles. The monoisotopic (exact) mass is 221 g/mol. The van der Waals surface area contributed by atoms with Gasteiger partial charge in [-0.1, -0.05) is 0 Å². The van der Waals surface area contributed by atoms with Gasteiger partial charge in [0.05, 0.1) is 17.6 Å². The molecule has 0 bridgehead atoms. The van der Waals surface area contributed by atoms with Gasteiger partial charge in [-0.05, 0) is 12.5 Å². The number of halogens is 3. The summed E-state index contributed by atoms with van der Waals surface area (Å²) in [6.45, 7) is 1.65. The van der Waals surface area contributed by atoms with Crippen molar-refractivity contribution in [3.63, 3.8) is 0 Å². The molecule has 0 aliphatic rings. The molecule has 0 fully saturated rings. The summed E-state index contributed by atoms with van der Waals surface area (Å²) in [6, 6.07) is 0. The summed E-state index contributed by atoms with van der Waals surface area (Å²) < 4.78 is 39.4. The summed E-state index contributed by atoms with van der Waals surface area (Å²) in [4.78, 5) is 3.71. The van der Waals surface area contributed by atoms with Gasteiger partial charge in [-0.15, -0.1) is 13.2 Å². The summed E-state index contributed by atoms with van der Waals surface area (Å²) in [5, 5.41) is 0. The van der Waals surface area contributed by atoms with Crippen LogP contribution in [0.25, 0.3) is 0 Å². The van der Waals surface area contributed by atoms with E-state index < -0.39 is 12.1 Å². The van der Waals surface area contributed by atoms with Crippen LogP contribution < -0.4 is 16.2 Å². The normalized spacial score (nSPS) is 11.5. The molecule has 0 unspecified atom stereocenters. The van der Waals surface area contributed by atoms with Gasteiger partial charge in [0.1, 0.15) is 0 Å². The van der Waals surface area contributed by atoms with Crippen LogP contribution in [0.3, 0.4) is 0 Å². The molecule has 0 atom stereocenters. The Morgan fingerprint density at radius 1 is 1.47 bits per heavy atom. The number of aromatic nitrogens is 1. The van der Waals surface area contributed by atoms with Crippen LogP contribution in [0.1, 0.15) is 11.3 Å². The van der Waals surface area contributed by atoms with Gasteiger partial charge in [-0.2, -0.15) is 0 Å². The van der Waals surface area contributed by atoms with Crippen molar-refractivity contribution in [2.75, 3.05) is 5.73 Å². The Labute approximate surface area is 84.0 Å². The highest BCUT2D eigenvalue weighted by Crippen LogP contribution is 2.30. The molecule has 1 heterocycles. The number of nitrogen functional groups attached to an aromatic ring is 1. The minimum absolute atomic E-state index is 0.0947. The molecule has 4 nitrogen and oxygen atoms in total. The average molecular weight is 221 g/mol. The first kappa shape index (κ1) is 11.6. The Morgan fingerprint density at radius 3 is 2.53 bits per heavy atom. The fraction of sp³-hybridized carbons (Fsp3) is 0.375. The molecule has 84 valence electrons. The number of nitrogens with two attached hydrogens (primary N) is 2. The van der Waals surface area contributed by atoms with Gasteiger partial charge in [0, 0.05) is 6.54 Å². The van der Waals surface area contributed by atoms with E-state index in [2.05, 4.69) is 9.72 Å². The second-order valence-electron chi connectivity index (χ2n) is 2.86. The molecule has 7 heteroatoms. The van der Waals surface area contributed by atoms with Crippen molar-refractivity contribution in [3.05, 3.63) is 17.5 Å². The zero-order valence-electron chi connectivity index (χ0n) is 7.93. The van der Waals surface area contributed by atoms with Crippen molar-refractivity contribution in [3.8, 4) is 5.75 Å². The first-order chi connectivity index (χ1) is 6.85. The van der Waals surface area contributed by atoms with Crippen LogP contribution >= 0.6 is 0 Å². The van der Waals surface area contributed by atoms with Gasteiger partial charge in [0.2, 0.25) is 0 Å². The maximum absolute atomic E-state index is 11.9. The van der Waals surface area contributed by atoms with Gasteiger partial charge in [0.25, 0.3) is 0 Å². The number of pyridine rings is 1. The van der Waals surface area contributed by atoms with E-state index in [9.17, 15) is 13.2 Å². The third kappa shape index (κ3) is 2.72. The average Bonchev–Trinajstić information content (AvgIpc) is 2.11. The van der Waals surface area contributed by atoms with E-state index in [0.29, 0.717) is 11.3 Å². The van der Waals surface area contributed by atoms with Gasteiger partial charge in [0.15, 0.2) is 5.75 Å². The van der Waals surface area contributed by atoms with Crippen LogP contribution in [0.5, 0.6) is 5.75 Å². The lowest BCUT2D eigenvalue weighted by Crippen LogP contribution is -2.19. The highest BCUT2D eigenvalue weighted by molar-refractivity contribution is 5.58. The zero-order chi connectivity index (χ0) is 11.6. The van der Waals surface area contributed by atoms with E-state index >= 15 is 0 Å². The van der Waals surface area contributed by atoms with Crippen LogP contribution in [-0.4, -0.2) is 11.3 Å². The first-order valence-electron chi connectivity index (χ1n) is 4.05. The molecule has 0 radical (unpaired) electrons. The first-order valence-corrected chi connectivity index (χ1v) is 4.05. The van der Waals surface area contributed by atoms with Crippen molar-refractivity contribution in [1.29, 1.82) is 0 Å². The number of anilines is 1. The molecule has 1 rings (SSSR count). The second kappa shape index (κ2) is 3.93. The molecular weight excluding hydrogens is 211 g/mol. The Kier molecular flexibility index (Phi) is 3.04. The lowest BCUT2D eigenvalue weighted by Gasteiger charge is -2.13. The highest BCUT2D eigenvalue weighted by atomic mass is 19.4. The third-order valence-corrected chi connectivity index (χ3v) is 1.86. The summed E-state index contributed by atoms with van der Waals surface area (Å²) >= 11 is 0. The summed E-state index contributed by atoms with van der Waals surface area (Å²) in [7, 11) is 0. The number of nitrogens with zero attached hydrogens (tertiary/aromatic N) is 1. The molecule has 0 amide bonds. The summed E-state index contributed by atoms with van der Waals surface area (Å²) in [5.41, 5.74) is 11.5. The van der Waals surface area contributed by atoms with E-state index in [0.717, 1.165) is 6.20 Å². The molecule has 1 aromatic rings. The van der Waals surface area contributed by atoms with Gasteiger partial charge in [-0.25, -0.2) is 0 Å². The topological polar surface area (TPSA) is 74.2 Å². The molecule has 1 aromatic heterocycles. The van der Waals surface area contributed by atoms with Gasteiger partial charge in [-0.3, -0.25) is 4.98 Å². The largest absolute Gasteiger partial charge is 0.573 e. The SMILES string of the molecule is Cc1c(CN)ncc(OC(F)(F)F)c1N. The predicted octanol–water partition coefficient (Wildman–Crippen LogP) is 1.33. The number of rotatable bonds is 2. The van der Waals surface area contributed by atoms with Crippen molar-refractivity contribution < 1.29 is 17.9 Å². The molecule has 0 saturated heterocycles. The van der Waals surface area contributed by atoms with E-state index in [1.54, 1.807) is 0 Å². The minimum Gasteiger partial charge on any atom is -0.402 e.